The van der Waals surface area contributed by atoms with Gasteiger partial charge in [0.05, 0.1) is 30.8 Å². The molecular weight excluding hydrogens is 631 g/mol. The summed E-state index contributed by atoms with van der Waals surface area (Å²) in [6, 6.07) is 60.0. The molecular formula is C45H39N3O3. The predicted octanol–water partition coefficient (Wildman–Crippen LogP) is 8.27. The van der Waals surface area contributed by atoms with Crippen LogP contribution in [0.3, 0.4) is 0 Å². The molecule has 1 heterocycles. The summed E-state index contributed by atoms with van der Waals surface area (Å²) >= 11 is 0. The number of benzene rings is 6. The molecule has 6 nitrogen and oxygen atoms in total. The van der Waals surface area contributed by atoms with E-state index >= 15 is 0 Å². The minimum Gasteiger partial charge on any atom is -0.480 e. The number of nitrogens with one attached hydrogen (secondary N) is 1. The molecule has 0 saturated heterocycles. The second kappa shape index (κ2) is 15.2. The zero-order chi connectivity index (χ0) is 34.9. The summed E-state index contributed by atoms with van der Waals surface area (Å²) in [7, 11) is 0. The molecule has 6 aromatic carbocycles. The molecule has 0 aliphatic rings. The van der Waals surface area contributed by atoms with Crippen molar-refractivity contribution in [1.29, 1.82) is 0 Å². The Hall–Kier alpha value is -6.08. The lowest BCUT2D eigenvalue weighted by atomic mass is 9.76. The summed E-state index contributed by atoms with van der Waals surface area (Å²) in [4.78, 5) is 17.7. The molecule has 0 aliphatic carbocycles. The highest BCUT2D eigenvalue weighted by Crippen LogP contribution is 2.41. The molecule has 7 aromatic rings. The average molecular weight is 670 g/mol. The van der Waals surface area contributed by atoms with Crippen LogP contribution in [0.4, 0.5) is 0 Å². The Morgan fingerprint density at radius 2 is 0.941 bits per heavy atom. The third-order valence-corrected chi connectivity index (χ3v) is 9.44. The fourth-order valence-corrected chi connectivity index (χ4v) is 7.14. The topological polar surface area (TPSA) is 76.4 Å². The predicted molar refractivity (Wildman–Crippen MR) is 200 cm³/mol. The van der Waals surface area contributed by atoms with Crippen LogP contribution in [0.15, 0.2) is 195 Å². The number of aliphatic carboxylic acids is 1. The fraction of sp³-hybridized carbons (Fsp3) is 0.111. The van der Waals surface area contributed by atoms with Crippen LogP contribution < -0.4 is 5.32 Å². The van der Waals surface area contributed by atoms with Crippen LogP contribution in [0.2, 0.25) is 0 Å². The van der Waals surface area contributed by atoms with Gasteiger partial charge in [-0.2, -0.15) is 0 Å². The standard InChI is InChI=1S/C45H39N3O3/c49-43(50)42(47-44(35-19-7-1-8-20-35,36-21-9-2-10-22-36)37-23-11-3-12-24-37)33-51-32-41-31-48(34-46-41)45(38-25-13-4-14-26-38,39-27-15-5-16-28-39)40-29-17-6-18-30-40/h1-31,34,42,47H,32-33H2,(H,49,50)/t42-/m0/s1. The van der Waals surface area contributed by atoms with E-state index in [1.165, 1.54) is 0 Å². The summed E-state index contributed by atoms with van der Waals surface area (Å²) in [5, 5.41) is 14.1. The van der Waals surface area contributed by atoms with Crippen LogP contribution in [0.1, 0.15) is 39.1 Å². The summed E-state index contributed by atoms with van der Waals surface area (Å²) in [6.07, 6.45) is 3.84. The number of ether oxygens (including phenoxy) is 1. The summed E-state index contributed by atoms with van der Waals surface area (Å²) in [6.45, 7) is 0.0412. The Kier molecular flexibility index (Phi) is 9.97. The van der Waals surface area contributed by atoms with Crippen LogP contribution >= 0.6 is 0 Å². The third kappa shape index (κ3) is 6.63. The highest BCUT2D eigenvalue weighted by molar-refractivity contribution is 5.74. The number of imidazole rings is 1. The van der Waals surface area contributed by atoms with Gasteiger partial charge in [-0.1, -0.05) is 182 Å². The fourth-order valence-electron chi connectivity index (χ4n) is 7.14. The molecule has 1 atom stereocenters. The maximum Gasteiger partial charge on any atom is 0.323 e. The highest BCUT2D eigenvalue weighted by Gasteiger charge is 2.41. The first-order chi connectivity index (χ1) is 25.1. The van der Waals surface area contributed by atoms with Gasteiger partial charge in [-0.3, -0.25) is 10.1 Å². The molecule has 1 aromatic heterocycles. The van der Waals surface area contributed by atoms with Crippen LogP contribution in [0, 0.1) is 0 Å². The van der Waals surface area contributed by atoms with Gasteiger partial charge in [-0.15, -0.1) is 0 Å². The van der Waals surface area contributed by atoms with E-state index in [2.05, 4.69) is 82.7 Å². The molecule has 2 N–H and O–H groups in total. The van der Waals surface area contributed by atoms with E-state index in [-0.39, 0.29) is 13.2 Å². The largest absolute Gasteiger partial charge is 0.480 e. The first-order valence-electron chi connectivity index (χ1n) is 17.1. The van der Waals surface area contributed by atoms with Crippen LogP contribution in [0.5, 0.6) is 0 Å². The Morgan fingerprint density at radius 3 is 1.29 bits per heavy atom. The van der Waals surface area contributed by atoms with Gasteiger partial charge in [-0.25, -0.2) is 4.98 Å². The molecule has 0 bridgehead atoms. The van der Waals surface area contributed by atoms with Crippen molar-refractivity contribution in [2.45, 2.75) is 23.7 Å². The van der Waals surface area contributed by atoms with Gasteiger partial charge in [0.25, 0.3) is 0 Å². The van der Waals surface area contributed by atoms with Gasteiger partial charge >= 0.3 is 5.97 Å². The second-order valence-corrected chi connectivity index (χ2v) is 12.5. The summed E-state index contributed by atoms with van der Waals surface area (Å²) in [5.41, 5.74) is 5.04. The van der Waals surface area contributed by atoms with Gasteiger partial charge in [0.2, 0.25) is 0 Å². The van der Waals surface area contributed by atoms with Gasteiger partial charge in [-0.05, 0) is 33.4 Å². The number of carboxylic acid groups (broad SMARTS) is 1. The van der Waals surface area contributed by atoms with E-state index < -0.39 is 23.1 Å². The normalized spacial score (nSPS) is 12.3. The zero-order valence-corrected chi connectivity index (χ0v) is 28.1. The Balaban J connectivity index is 1.21. The summed E-state index contributed by atoms with van der Waals surface area (Å²) in [5.74, 6) is -1.01. The molecule has 51 heavy (non-hydrogen) atoms. The minimum atomic E-state index is -1.05. The zero-order valence-electron chi connectivity index (χ0n) is 28.1. The smallest absolute Gasteiger partial charge is 0.323 e. The van der Waals surface area contributed by atoms with E-state index in [9.17, 15) is 9.90 Å². The molecule has 252 valence electrons. The van der Waals surface area contributed by atoms with Gasteiger partial charge in [0.15, 0.2) is 0 Å². The maximum atomic E-state index is 13.0. The van der Waals surface area contributed by atoms with E-state index in [0.29, 0.717) is 5.69 Å². The SMILES string of the molecule is O=C(O)[C@H](COCc1cn(C(c2ccccc2)(c2ccccc2)c2ccccc2)cn1)NC(c1ccccc1)(c1ccccc1)c1ccccc1. The molecule has 0 unspecified atom stereocenters. The van der Waals surface area contributed by atoms with Crippen molar-refractivity contribution in [3.63, 3.8) is 0 Å². The van der Waals surface area contributed by atoms with Gasteiger partial charge < -0.3 is 14.4 Å². The molecule has 7 rings (SSSR count). The number of nitrogens with zero attached hydrogens (tertiary/aromatic N) is 2. The Morgan fingerprint density at radius 1 is 0.588 bits per heavy atom. The lowest BCUT2D eigenvalue weighted by Gasteiger charge is -2.39. The second-order valence-electron chi connectivity index (χ2n) is 12.5. The summed E-state index contributed by atoms with van der Waals surface area (Å²) < 4.78 is 8.35. The van der Waals surface area contributed by atoms with E-state index in [4.69, 9.17) is 9.72 Å². The first kappa shape index (κ1) is 33.4. The maximum absolute atomic E-state index is 13.0. The number of carboxylic acids is 1. The van der Waals surface area contributed by atoms with Gasteiger partial charge in [0, 0.05) is 6.20 Å². The lowest BCUT2D eigenvalue weighted by Crippen LogP contribution is -2.54. The molecule has 0 aliphatic heterocycles. The van der Waals surface area contributed by atoms with E-state index in [1.54, 1.807) is 0 Å². The van der Waals surface area contributed by atoms with Crippen molar-refractivity contribution >= 4 is 5.97 Å². The number of rotatable bonds is 14. The third-order valence-electron chi connectivity index (χ3n) is 9.44. The van der Waals surface area contributed by atoms with E-state index in [0.717, 1.165) is 33.4 Å². The van der Waals surface area contributed by atoms with Crippen molar-refractivity contribution < 1.29 is 14.6 Å². The Labute approximate surface area is 298 Å². The average Bonchev–Trinajstić information content (AvgIpc) is 3.68. The number of carbonyl (C=O) groups is 1. The van der Waals surface area contributed by atoms with Gasteiger partial charge in [0.1, 0.15) is 11.6 Å². The minimum absolute atomic E-state index is 0.0857. The van der Waals surface area contributed by atoms with Crippen LogP contribution in [-0.4, -0.2) is 33.3 Å². The quantitative estimate of drug-likeness (QED) is 0.114. The van der Waals surface area contributed by atoms with Crippen LogP contribution in [0.25, 0.3) is 0 Å². The molecule has 0 fully saturated rings. The van der Waals surface area contributed by atoms with Crippen LogP contribution in [-0.2, 0) is 27.2 Å². The van der Waals surface area contributed by atoms with Crippen molar-refractivity contribution in [3.8, 4) is 0 Å². The number of aromatic nitrogens is 2. The molecule has 0 spiro atoms. The monoisotopic (exact) mass is 669 g/mol. The van der Waals surface area contributed by atoms with Crippen molar-refractivity contribution in [2.75, 3.05) is 6.61 Å². The van der Waals surface area contributed by atoms with E-state index in [1.807, 2.05) is 122 Å². The number of hydrogen-bond acceptors (Lipinski definition) is 4. The Bertz CT molecular complexity index is 1930. The van der Waals surface area contributed by atoms with Crippen molar-refractivity contribution in [3.05, 3.63) is 234 Å². The molecule has 0 amide bonds. The highest BCUT2D eigenvalue weighted by atomic mass is 16.5. The lowest BCUT2D eigenvalue weighted by molar-refractivity contribution is -0.141. The molecule has 0 saturated carbocycles. The molecule has 6 heteroatoms. The van der Waals surface area contributed by atoms with Crippen molar-refractivity contribution in [1.82, 2.24) is 14.9 Å². The number of hydrogen-bond donors (Lipinski definition) is 2. The first-order valence-corrected chi connectivity index (χ1v) is 17.1. The molecule has 0 radical (unpaired) electrons. The van der Waals surface area contributed by atoms with Crippen molar-refractivity contribution in [2.24, 2.45) is 0 Å².